The SMILES string of the molecule is CN(C)C(=O)c1ccc(-c2nc(C3(c4ccc(Br)cc4)CCC3)no2)cn1. The maximum Gasteiger partial charge on any atom is 0.271 e. The van der Waals surface area contributed by atoms with Gasteiger partial charge in [-0.25, -0.2) is 0 Å². The molecule has 2 aromatic heterocycles. The number of halogens is 1. The van der Waals surface area contributed by atoms with Crippen LogP contribution in [0.1, 0.15) is 41.1 Å². The fourth-order valence-electron chi connectivity index (χ4n) is 3.35. The van der Waals surface area contributed by atoms with Gasteiger partial charge in [-0.1, -0.05) is 39.6 Å². The summed E-state index contributed by atoms with van der Waals surface area (Å²) in [6.07, 6.45) is 4.74. The number of aromatic nitrogens is 3. The molecule has 4 rings (SSSR count). The molecule has 0 saturated heterocycles. The van der Waals surface area contributed by atoms with Gasteiger partial charge in [0.05, 0.1) is 11.0 Å². The lowest BCUT2D eigenvalue weighted by Crippen LogP contribution is -2.36. The highest BCUT2D eigenvalue weighted by atomic mass is 79.9. The number of benzene rings is 1. The largest absolute Gasteiger partial charge is 0.343 e. The van der Waals surface area contributed by atoms with E-state index >= 15 is 0 Å². The van der Waals surface area contributed by atoms with E-state index in [4.69, 9.17) is 4.52 Å². The number of hydrogen-bond acceptors (Lipinski definition) is 5. The van der Waals surface area contributed by atoms with Crippen molar-refractivity contribution < 1.29 is 9.32 Å². The molecule has 0 spiro atoms. The maximum absolute atomic E-state index is 12.0. The molecule has 27 heavy (non-hydrogen) atoms. The van der Waals surface area contributed by atoms with Crippen molar-refractivity contribution >= 4 is 21.8 Å². The van der Waals surface area contributed by atoms with E-state index in [1.807, 2.05) is 12.1 Å². The van der Waals surface area contributed by atoms with Crippen molar-refractivity contribution in [3.8, 4) is 11.5 Å². The Morgan fingerprint density at radius 1 is 1.15 bits per heavy atom. The van der Waals surface area contributed by atoms with Crippen molar-refractivity contribution in [3.05, 3.63) is 64.1 Å². The van der Waals surface area contributed by atoms with E-state index in [1.165, 1.54) is 10.5 Å². The first-order valence-electron chi connectivity index (χ1n) is 8.78. The van der Waals surface area contributed by atoms with Gasteiger partial charge in [-0.2, -0.15) is 4.98 Å². The first-order valence-corrected chi connectivity index (χ1v) is 9.57. The van der Waals surface area contributed by atoms with Crippen LogP contribution in [0, 0.1) is 0 Å². The molecule has 0 unspecified atom stereocenters. The van der Waals surface area contributed by atoms with Crippen LogP contribution in [0.5, 0.6) is 0 Å². The second-order valence-corrected chi connectivity index (χ2v) is 7.91. The summed E-state index contributed by atoms with van der Waals surface area (Å²) < 4.78 is 6.57. The van der Waals surface area contributed by atoms with E-state index in [0.717, 1.165) is 23.7 Å². The summed E-state index contributed by atoms with van der Waals surface area (Å²) in [5.74, 6) is 0.987. The minimum atomic E-state index is -0.184. The van der Waals surface area contributed by atoms with Gasteiger partial charge in [-0.3, -0.25) is 9.78 Å². The number of carbonyl (C=O) groups is 1. The summed E-state index contributed by atoms with van der Waals surface area (Å²) >= 11 is 3.48. The molecule has 1 aromatic carbocycles. The molecule has 0 N–H and O–H groups in total. The van der Waals surface area contributed by atoms with E-state index in [-0.39, 0.29) is 11.3 Å². The lowest BCUT2D eigenvalue weighted by molar-refractivity contribution is 0.0822. The predicted molar refractivity (Wildman–Crippen MR) is 104 cm³/mol. The van der Waals surface area contributed by atoms with Gasteiger partial charge in [0.2, 0.25) is 0 Å². The Balaban J connectivity index is 1.63. The van der Waals surface area contributed by atoms with Crippen LogP contribution in [0.4, 0.5) is 0 Å². The second kappa shape index (κ2) is 6.88. The highest BCUT2D eigenvalue weighted by molar-refractivity contribution is 9.10. The average Bonchev–Trinajstić information content (AvgIpc) is 3.12. The molecule has 1 saturated carbocycles. The third-order valence-electron chi connectivity index (χ3n) is 5.09. The van der Waals surface area contributed by atoms with Crippen molar-refractivity contribution in [3.63, 3.8) is 0 Å². The summed E-state index contributed by atoms with van der Waals surface area (Å²) in [5.41, 5.74) is 2.11. The van der Waals surface area contributed by atoms with Gasteiger partial charge in [-0.05, 0) is 42.7 Å². The van der Waals surface area contributed by atoms with Gasteiger partial charge in [0.1, 0.15) is 5.69 Å². The zero-order valence-electron chi connectivity index (χ0n) is 15.1. The van der Waals surface area contributed by atoms with Crippen LogP contribution in [-0.4, -0.2) is 40.0 Å². The molecule has 0 radical (unpaired) electrons. The highest BCUT2D eigenvalue weighted by Crippen LogP contribution is 2.48. The number of hydrogen-bond donors (Lipinski definition) is 0. The van der Waals surface area contributed by atoms with Gasteiger partial charge in [-0.15, -0.1) is 0 Å². The zero-order valence-corrected chi connectivity index (χ0v) is 16.7. The molecule has 0 aliphatic heterocycles. The molecule has 0 atom stereocenters. The van der Waals surface area contributed by atoms with Gasteiger partial charge >= 0.3 is 0 Å². The van der Waals surface area contributed by atoms with Gasteiger partial charge in [0.25, 0.3) is 11.8 Å². The van der Waals surface area contributed by atoms with Crippen LogP contribution < -0.4 is 0 Å². The Morgan fingerprint density at radius 3 is 2.44 bits per heavy atom. The Kier molecular flexibility index (Phi) is 4.55. The van der Waals surface area contributed by atoms with Gasteiger partial charge in [0, 0.05) is 24.8 Å². The molecule has 6 nitrogen and oxygen atoms in total. The fraction of sp³-hybridized carbons (Fsp3) is 0.300. The summed E-state index contributed by atoms with van der Waals surface area (Å²) in [6, 6.07) is 11.8. The van der Waals surface area contributed by atoms with E-state index in [2.05, 4.69) is 43.2 Å². The van der Waals surface area contributed by atoms with E-state index in [0.29, 0.717) is 23.0 Å². The molecule has 1 amide bonds. The smallest absolute Gasteiger partial charge is 0.271 e. The van der Waals surface area contributed by atoms with E-state index < -0.39 is 0 Å². The normalized spacial score (nSPS) is 15.2. The average molecular weight is 427 g/mol. The molecule has 138 valence electrons. The molecule has 1 aliphatic rings. The molecule has 1 fully saturated rings. The van der Waals surface area contributed by atoms with Gasteiger partial charge < -0.3 is 9.42 Å². The number of amides is 1. The predicted octanol–water partition coefficient (Wildman–Crippen LogP) is 4.07. The number of nitrogens with zero attached hydrogens (tertiary/aromatic N) is 4. The van der Waals surface area contributed by atoms with Crippen LogP contribution in [0.25, 0.3) is 11.5 Å². The van der Waals surface area contributed by atoms with Crippen molar-refractivity contribution in [2.45, 2.75) is 24.7 Å². The zero-order chi connectivity index (χ0) is 19.0. The van der Waals surface area contributed by atoms with Crippen LogP contribution in [0.3, 0.4) is 0 Å². The quantitative estimate of drug-likeness (QED) is 0.628. The van der Waals surface area contributed by atoms with Crippen LogP contribution >= 0.6 is 15.9 Å². The number of pyridine rings is 1. The maximum atomic E-state index is 12.0. The Bertz CT molecular complexity index is 960. The monoisotopic (exact) mass is 426 g/mol. The van der Waals surface area contributed by atoms with E-state index in [1.54, 1.807) is 32.4 Å². The summed E-state index contributed by atoms with van der Waals surface area (Å²) in [6.45, 7) is 0. The highest BCUT2D eigenvalue weighted by Gasteiger charge is 2.44. The Morgan fingerprint density at radius 2 is 1.89 bits per heavy atom. The third kappa shape index (κ3) is 3.16. The Hall–Kier alpha value is -2.54. The standard InChI is InChI=1S/C20H19BrN4O2/c1-25(2)18(26)16-9-4-13(12-22-16)17-23-19(24-27-17)20(10-3-11-20)14-5-7-15(21)8-6-14/h4-9,12H,3,10-11H2,1-2H3. The molecule has 1 aliphatic carbocycles. The topological polar surface area (TPSA) is 72.1 Å². The van der Waals surface area contributed by atoms with Gasteiger partial charge in [0.15, 0.2) is 5.82 Å². The van der Waals surface area contributed by atoms with Crippen molar-refractivity contribution in [2.24, 2.45) is 0 Å². The second-order valence-electron chi connectivity index (χ2n) is 7.00. The molecule has 2 heterocycles. The lowest BCUT2D eigenvalue weighted by Gasteiger charge is -2.39. The van der Waals surface area contributed by atoms with Crippen LogP contribution in [0.2, 0.25) is 0 Å². The van der Waals surface area contributed by atoms with Crippen molar-refractivity contribution in [2.75, 3.05) is 14.1 Å². The van der Waals surface area contributed by atoms with Crippen molar-refractivity contribution in [1.82, 2.24) is 20.0 Å². The molecular weight excluding hydrogens is 408 g/mol. The molecular formula is C20H19BrN4O2. The number of carbonyl (C=O) groups excluding carboxylic acids is 1. The fourth-order valence-corrected chi connectivity index (χ4v) is 3.62. The molecule has 7 heteroatoms. The lowest BCUT2D eigenvalue weighted by atomic mass is 9.64. The first-order chi connectivity index (χ1) is 13.0. The Labute approximate surface area is 165 Å². The van der Waals surface area contributed by atoms with Crippen LogP contribution in [-0.2, 0) is 5.41 Å². The summed E-state index contributed by atoms with van der Waals surface area (Å²) in [4.78, 5) is 22.3. The number of rotatable bonds is 4. The van der Waals surface area contributed by atoms with E-state index in [9.17, 15) is 4.79 Å². The summed E-state index contributed by atoms with van der Waals surface area (Å²) in [7, 11) is 3.39. The minimum absolute atomic E-state index is 0.142. The first kappa shape index (κ1) is 17.9. The molecule has 3 aromatic rings. The third-order valence-corrected chi connectivity index (χ3v) is 5.62. The van der Waals surface area contributed by atoms with Crippen molar-refractivity contribution in [1.29, 1.82) is 0 Å². The molecule has 0 bridgehead atoms. The minimum Gasteiger partial charge on any atom is -0.343 e. The van der Waals surface area contributed by atoms with Crippen LogP contribution in [0.15, 0.2) is 51.6 Å². The summed E-state index contributed by atoms with van der Waals surface area (Å²) in [5, 5.41) is 4.27.